The van der Waals surface area contributed by atoms with Crippen molar-refractivity contribution >= 4 is 17.8 Å². The van der Waals surface area contributed by atoms with Gasteiger partial charge in [-0.1, -0.05) is 0 Å². The molecule has 2 fully saturated rings. The van der Waals surface area contributed by atoms with Gasteiger partial charge in [0.15, 0.2) is 0 Å². The summed E-state index contributed by atoms with van der Waals surface area (Å²) in [4.78, 5) is 17.5. The zero-order valence-electron chi connectivity index (χ0n) is 13.0. The molecule has 0 aromatic carbocycles. The van der Waals surface area contributed by atoms with Crippen molar-refractivity contribution in [3.63, 3.8) is 0 Å². The van der Waals surface area contributed by atoms with Crippen LogP contribution in [0.4, 0.5) is 17.8 Å². The van der Waals surface area contributed by atoms with Crippen molar-refractivity contribution in [3.05, 3.63) is 0 Å². The van der Waals surface area contributed by atoms with Gasteiger partial charge in [-0.2, -0.15) is 15.0 Å². The molecule has 0 radical (unpaired) electrons. The number of rotatable bonds is 5. The van der Waals surface area contributed by atoms with Crippen molar-refractivity contribution in [1.29, 1.82) is 0 Å². The fraction of sp³-hybridized carbons (Fsp3) is 0.786. The fourth-order valence-electron chi connectivity index (χ4n) is 3.13. The molecular weight excluding hydrogens is 266 g/mol. The van der Waals surface area contributed by atoms with Gasteiger partial charge in [0.25, 0.3) is 0 Å². The molecule has 2 aliphatic rings. The summed E-state index contributed by atoms with van der Waals surface area (Å²) in [5, 5.41) is 3.36. The normalized spacial score (nSPS) is 20.6. The number of aromatic nitrogens is 3. The second-order valence-electron chi connectivity index (χ2n) is 6.34. The van der Waals surface area contributed by atoms with Gasteiger partial charge in [0, 0.05) is 25.2 Å². The smallest absolute Gasteiger partial charge is 0.231 e. The van der Waals surface area contributed by atoms with Crippen LogP contribution in [0.2, 0.25) is 0 Å². The Bertz CT molecular complexity index is 492. The molecule has 1 aromatic heterocycles. The van der Waals surface area contributed by atoms with Crippen molar-refractivity contribution in [3.8, 4) is 0 Å². The summed E-state index contributed by atoms with van der Waals surface area (Å²) in [6.45, 7) is 2.86. The lowest BCUT2D eigenvalue weighted by Gasteiger charge is -2.47. The van der Waals surface area contributed by atoms with Crippen LogP contribution < -0.4 is 16.0 Å². The van der Waals surface area contributed by atoms with Gasteiger partial charge in [0.1, 0.15) is 0 Å². The van der Waals surface area contributed by atoms with E-state index >= 15 is 0 Å². The number of nitrogen functional groups attached to an aromatic ring is 1. The summed E-state index contributed by atoms with van der Waals surface area (Å²) >= 11 is 0. The van der Waals surface area contributed by atoms with Crippen LogP contribution >= 0.6 is 0 Å². The maximum atomic E-state index is 5.83. The highest BCUT2D eigenvalue weighted by atomic mass is 15.3. The Kier molecular flexibility index (Phi) is 3.84. The van der Waals surface area contributed by atoms with Gasteiger partial charge >= 0.3 is 0 Å². The molecule has 3 N–H and O–H groups in total. The third-order valence-electron chi connectivity index (χ3n) is 4.84. The van der Waals surface area contributed by atoms with E-state index in [9.17, 15) is 0 Å². The van der Waals surface area contributed by atoms with Crippen LogP contribution in [0.1, 0.15) is 32.1 Å². The molecule has 0 atom stereocenters. The molecule has 0 unspecified atom stereocenters. The molecule has 0 bridgehead atoms. The van der Waals surface area contributed by atoms with Crippen molar-refractivity contribution in [1.82, 2.24) is 19.9 Å². The molecule has 1 saturated heterocycles. The van der Waals surface area contributed by atoms with E-state index in [-0.39, 0.29) is 5.54 Å². The zero-order chi connectivity index (χ0) is 14.9. The Balaban J connectivity index is 1.70. The number of anilines is 3. The SMILES string of the molecule is CN(C)C1(CNc2nc(N)nc(N3CCCC3)n2)CCC1. The third-order valence-corrected chi connectivity index (χ3v) is 4.84. The molecule has 0 spiro atoms. The first-order valence-corrected chi connectivity index (χ1v) is 7.77. The van der Waals surface area contributed by atoms with Gasteiger partial charge < -0.3 is 20.9 Å². The molecule has 116 valence electrons. The number of likely N-dealkylation sites (N-methyl/N-ethyl adjacent to an activating group) is 1. The molecule has 7 heteroatoms. The average Bonchev–Trinajstić information content (AvgIpc) is 2.90. The maximum absolute atomic E-state index is 5.83. The number of nitrogens with zero attached hydrogens (tertiary/aromatic N) is 5. The highest BCUT2D eigenvalue weighted by molar-refractivity contribution is 5.42. The summed E-state index contributed by atoms with van der Waals surface area (Å²) in [7, 11) is 4.27. The Labute approximate surface area is 126 Å². The molecule has 7 nitrogen and oxygen atoms in total. The molecule has 1 aromatic rings. The summed E-state index contributed by atoms with van der Waals surface area (Å²) in [5.74, 6) is 1.59. The van der Waals surface area contributed by atoms with Gasteiger partial charge in [0.05, 0.1) is 0 Å². The standard InChI is InChI=1S/C14H25N7/c1-20(2)14(6-5-7-14)10-16-12-17-11(15)18-13(19-12)21-8-3-4-9-21/h3-10H2,1-2H3,(H3,15,16,17,18,19). The highest BCUT2D eigenvalue weighted by Gasteiger charge is 2.38. The van der Waals surface area contributed by atoms with E-state index in [1.54, 1.807) is 0 Å². The molecule has 0 amide bonds. The Morgan fingerprint density at radius 1 is 1.14 bits per heavy atom. The average molecular weight is 291 g/mol. The zero-order valence-corrected chi connectivity index (χ0v) is 13.0. The van der Waals surface area contributed by atoms with Crippen molar-refractivity contribution in [2.45, 2.75) is 37.6 Å². The summed E-state index contributed by atoms with van der Waals surface area (Å²) in [6, 6.07) is 0. The predicted molar refractivity (Wildman–Crippen MR) is 84.4 cm³/mol. The largest absolute Gasteiger partial charge is 0.368 e. The minimum absolute atomic E-state index is 0.231. The summed E-state index contributed by atoms with van der Waals surface area (Å²) in [6.07, 6.45) is 6.10. The topological polar surface area (TPSA) is 83.2 Å². The first-order chi connectivity index (χ1) is 10.1. The van der Waals surface area contributed by atoms with E-state index in [0.717, 1.165) is 19.6 Å². The molecule has 3 rings (SSSR count). The fourth-order valence-corrected chi connectivity index (χ4v) is 3.13. The quantitative estimate of drug-likeness (QED) is 0.835. The van der Waals surface area contributed by atoms with Gasteiger partial charge in [-0.15, -0.1) is 0 Å². The summed E-state index contributed by atoms with van der Waals surface area (Å²) < 4.78 is 0. The minimum atomic E-state index is 0.231. The third kappa shape index (κ3) is 2.88. The Morgan fingerprint density at radius 3 is 2.43 bits per heavy atom. The van der Waals surface area contributed by atoms with Crippen LogP contribution in [0.25, 0.3) is 0 Å². The molecular formula is C14H25N7. The van der Waals surface area contributed by atoms with E-state index in [4.69, 9.17) is 5.73 Å². The van der Waals surface area contributed by atoms with Crippen LogP contribution in [0.3, 0.4) is 0 Å². The van der Waals surface area contributed by atoms with E-state index in [2.05, 4.69) is 44.2 Å². The van der Waals surface area contributed by atoms with E-state index in [1.807, 2.05) is 0 Å². The van der Waals surface area contributed by atoms with Crippen molar-refractivity contribution in [2.24, 2.45) is 0 Å². The predicted octanol–water partition coefficient (Wildman–Crippen LogP) is 0.950. The van der Waals surface area contributed by atoms with Crippen LogP contribution in [0.15, 0.2) is 0 Å². The monoisotopic (exact) mass is 291 g/mol. The Morgan fingerprint density at radius 2 is 1.86 bits per heavy atom. The van der Waals surface area contributed by atoms with E-state index in [1.165, 1.54) is 32.1 Å². The molecule has 21 heavy (non-hydrogen) atoms. The molecule has 1 aliphatic carbocycles. The lowest BCUT2D eigenvalue weighted by molar-refractivity contribution is 0.0737. The second kappa shape index (κ2) is 5.63. The maximum Gasteiger partial charge on any atom is 0.231 e. The Hall–Kier alpha value is -1.63. The first kappa shape index (κ1) is 14.3. The van der Waals surface area contributed by atoms with E-state index < -0.39 is 0 Å². The molecule has 2 heterocycles. The second-order valence-corrected chi connectivity index (χ2v) is 6.34. The number of hydrogen-bond donors (Lipinski definition) is 2. The minimum Gasteiger partial charge on any atom is -0.368 e. The van der Waals surface area contributed by atoms with Gasteiger partial charge in [-0.05, 0) is 46.2 Å². The molecule has 1 aliphatic heterocycles. The number of nitrogens with two attached hydrogens (primary N) is 1. The van der Waals surface area contributed by atoms with Crippen LogP contribution in [0, 0.1) is 0 Å². The van der Waals surface area contributed by atoms with Gasteiger partial charge in [-0.3, -0.25) is 0 Å². The van der Waals surface area contributed by atoms with Crippen LogP contribution in [0.5, 0.6) is 0 Å². The van der Waals surface area contributed by atoms with Crippen molar-refractivity contribution in [2.75, 3.05) is 49.7 Å². The van der Waals surface area contributed by atoms with Crippen molar-refractivity contribution < 1.29 is 0 Å². The lowest BCUT2D eigenvalue weighted by Crippen LogP contribution is -2.54. The highest BCUT2D eigenvalue weighted by Crippen LogP contribution is 2.36. The van der Waals surface area contributed by atoms with Crippen LogP contribution in [-0.4, -0.2) is 59.1 Å². The van der Waals surface area contributed by atoms with Gasteiger partial charge in [-0.25, -0.2) is 0 Å². The van der Waals surface area contributed by atoms with E-state index in [0.29, 0.717) is 17.8 Å². The number of hydrogen-bond acceptors (Lipinski definition) is 7. The molecule has 1 saturated carbocycles. The number of nitrogens with one attached hydrogen (secondary N) is 1. The first-order valence-electron chi connectivity index (χ1n) is 7.77. The lowest BCUT2D eigenvalue weighted by atomic mass is 9.75. The van der Waals surface area contributed by atoms with Crippen LogP contribution in [-0.2, 0) is 0 Å². The van der Waals surface area contributed by atoms with Gasteiger partial charge in [0.2, 0.25) is 17.8 Å². The summed E-state index contributed by atoms with van der Waals surface area (Å²) in [5.41, 5.74) is 6.06.